The first-order valence-corrected chi connectivity index (χ1v) is 9.46. The number of fused-ring (bicyclic) bond motifs is 1. The summed E-state index contributed by atoms with van der Waals surface area (Å²) in [5.74, 6) is -0.359. The summed E-state index contributed by atoms with van der Waals surface area (Å²) < 4.78 is 0.923. The Morgan fingerprint density at radius 2 is 2.15 bits per heavy atom. The number of phenols is 1. The van der Waals surface area contributed by atoms with Crippen molar-refractivity contribution in [3.8, 4) is 16.9 Å². The van der Waals surface area contributed by atoms with Crippen molar-refractivity contribution in [2.45, 2.75) is 19.4 Å². The van der Waals surface area contributed by atoms with E-state index in [2.05, 4.69) is 10.3 Å². The monoisotopic (exact) mass is 388 g/mol. The van der Waals surface area contributed by atoms with Crippen LogP contribution in [0, 0.1) is 12.8 Å². The first kappa shape index (κ1) is 17.3. The summed E-state index contributed by atoms with van der Waals surface area (Å²) in [5.41, 5.74) is 3.02. The molecule has 3 aromatic rings. The molecule has 2 unspecified atom stereocenters. The highest BCUT2D eigenvalue weighted by Gasteiger charge is 2.33. The van der Waals surface area contributed by atoms with Gasteiger partial charge in [0.25, 0.3) is 0 Å². The lowest BCUT2D eigenvalue weighted by Gasteiger charge is -2.10. The number of carbonyl (C=O) groups excluding carboxylic acids is 1. The van der Waals surface area contributed by atoms with E-state index in [1.54, 1.807) is 18.3 Å². The first-order valence-electron chi connectivity index (χ1n) is 8.26. The highest BCUT2D eigenvalue weighted by molar-refractivity contribution is 7.19. The number of aromatic hydroxyl groups is 1. The minimum absolute atomic E-state index is 0.119. The second-order valence-corrected chi connectivity index (χ2v) is 8.10. The van der Waals surface area contributed by atoms with Crippen molar-refractivity contribution in [1.82, 2.24) is 10.3 Å². The fraction of sp³-hybridized carbons (Fsp3) is 0.263. The van der Waals surface area contributed by atoms with E-state index >= 15 is 0 Å². The van der Waals surface area contributed by atoms with E-state index in [1.807, 2.05) is 19.1 Å². The Balaban J connectivity index is 1.79. The number of benzene rings is 1. The van der Waals surface area contributed by atoms with Gasteiger partial charge in [-0.2, -0.15) is 0 Å². The lowest BCUT2D eigenvalue weighted by atomic mass is 10.00. The third kappa shape index (κ3) is 2.94. The SMILES string of the molecule is Cc1cc(Cl)cc(-c2ccnc3cc(CC4C(=O)NCC4O)sc23)c1O. The van der Waals surface area contributed by atoms with Gasteiger partial charge in [0, 0.05) is 33.8 Å². The molecule has 0 aliphatic carbocycles. The average molecular weight is 389 g/mol. The molecule has 1 aliphatic heterocycles. The largest absolute Gasteiger partial charge is 0.507 e. The normalized spacial score (nSPS) is 19.9. The molecule has 1 fully saturated rings. The molecule has 1 aliphatic rings. The molecule has 3 N–H and O–H groups in total. The fourth-order valence-corrected chi connectivity index (χ4v) is 4.81. The van der Waals surface area contributed by atoms with Crippen molar-refractivity contribution in [3.63, 3.8) is 0 Å². The van der Waals surface area contributed by atoms with Crippen LogP contribution in [0.5, 0.6) is 5.75 Å². The van der Waals surface area contributed by atoms with Crippen LogP contribution in [0.2, 0.25) is 5.02 Å². The number of aliphatic hydroxyl groups is 1. The molecule has 0 bridgehead atoms. The molecule has 134 valence electrons. The zero-order chi connectivity index (χ0) is 18.4. The highest BCUT2D eigenvalue weighted by Crippen LogP contribution is 2.41. The van der Waals surface area contributed by atoms with Crippen molar-refractivity contribution in [2.24, 2.45) is 5.92 Å². The van der Waals surface area contributed by atoms with E-state index < -0.39 is 12.0 Å². The lowest BCUT2D eigenvalue weighted by Crippen LogP contribution is -2.23. The molecule has 2 aromatic heterocycles. The predicted molar refractivity (Wildman–Crippen MR) is 103 cm³/mol. The third-order valence-corrected chi connectivity index (χ3v) is 6.12. The van der Waals surface area contributed by atoms with Crippen molar-refractivity contribution >= 4 is 39.1 Å². The Kier molecular flexibility index (Phi) is 4.34. The van der Waals surface area contributed by atoms with Crippen LogP contribution in [0.3, 0.4) is 0 Å². The summed E-state index contributed by atoms with van der Waals surface area (Å²) in [4.78, 5) is 17.3. The summed E-state index contributed by atoms with van der Waals surface area (Å²) >= 11 is 7.70. The second kappa shape index (κ2) is 6.54. The Morgan fingerprint density at radius 3 is 2.88 bits per heavy atom. The van der Waals surface area contributed by atoms with Gasteiger partial charge in [-0.25, -0.2) is 0 Å². The van der Waals surface area contributed by atoms with Crippen LogP contribution in [-0.4, -0.2) is 33.8 Å². The number of phenolic OH excluding ortho intramolecular Hbond substituents is 1. The number of aromatic nitrogens is 1. The molecule has 0 radical (unpaired) electrons. The van der Waals surface area contributed by atoms with Crippen molar-refractivity contribution in [2.75, 3.05) is 6.54 Å². The van der Waals surface area contributed by atoms with E-state index in [1.165, 1.54) is 11.3 Å². The molecular weight excluding hydrogens is 372 g/mol. The summed E-state index contributed by atoms with van der Waals surface area (Å²) in [6, 6.07) is 7.26. The summed E-state index contributed by atoms with van der Waals surface area (Å²) in [6.45, 7) is 2.11. The summed E-state index contributed by atoms with van der Waals surface area (Å²) in [5, 5.41) is 23.7. The Bertz CT molecular complexity index is 1020. The molecule has 1 amide bonds. The van der Waals surface area contributed by atoms with Gasteiger partial charge in [-0.05, 0) is 43.2 Å². The van der Waals surface area contributed by atoms with E-state index in [9.17, 15) is 15.0 Å². The summed E-state index contributed by atoms with van der Waals surface area (Å²) in [6.07, 6.45) is 1.49. The maximum absolute atomic E-state index is 11.9. The second-order valence-electron chi connectivity index (χ2n) is 6.53. The molecular formula is C19H17ClN2O3S. The van der Waals surface area contributed by atoms with Gasteiger partial charge in [-0.1, -0.05) is 11.6 Å². The predicted octanol–water partition coefficient (Wildman–Crippen LogP) is 3.28. The molecule has 26 heavy (non-hydrogen) atoms. The van der Waals surface area contributed by atoms with Gasteiger partial charge >= 0.3 is 0 Å². The fourth-order valence-electron chi connectivity index (χ4n) is 3.34. The van der Waals surface area contributed by atoms with Gasteiger partial charge in [0.1, 0.15) is 5.75 Å². The molecule has 2 atom stereocenters. The number of thiophene rings is 1. The minimum Gasteiger partial charge on any atom is -0.507 e. The number of halogens is 1. The molecule has 0 saturated carbocycles. The molecule has 5 nitrogen and oxygen atoms in total. The smallest absolute Gasteiger partial charge is 0.226 e. The highest BCUT2D eigenvalue weighted by atomic mass is 35.5. The van der Waals surface area contributed by atoms with Gasteiger partial charge in [0.2, 0.25) is 5.91 Å². The van der Waals surface area contributed by atoms with Gasteiger partial charge in [-0.3, -0.25) is 9.78 Å². The van der Waals surface area contributed by atoms with Gasteiger partial charge < -0.3 is 15.5 Å². The minimum atomic E-state index is -0.667. The maximum Gasteiger partial charge on any atom is 0.226 e. The van der Waals surface area contributed by atoms with Crippen molar-refractivity contribution in [3.05, 3.63) is 45.9 Å². The number of nitrogens with one attached hydrogen (secondary N) is 1. The standard InChI is InChI=1S/C19H17ClN2O3S/c1-9-4-10(20)5-13(17(9)24)12-2-3-21-15-7-11(26-18(12)15)6-14-16(23)8-22-19(14)25/h2-5,7,14,16,23-24H,6,8H2,1H3,(H,22,25). The number of aliphatic hydroxyl groups excluding tert-OH is 1. The average Bonchev–Trinajstić information content (AvgIpc) is 3.16. The number of hydrogen-bond donors (Lipinski definition) is 3. The molecule has 1 aromatic carbocycles. The van der Waals surface area contributed by atoms with Gasteiger partial charge in [0.15, 0.2) is 0 Å². The van der Waals surface area contributed by atoms with Gasteiger partial charge in [-0.15, -0.1) is 11.3 Å². The van der Waals surface area contributed by atoms with E-state index in [0.29, 0.717) is 29.1 Å². The number of carbonyl (C=O) groups is 1. The molecule has 0 spiro atoms. The molecule has 1 saturated heterocycles. The van der Waals surface area contributed by atoms with E-state index in [4.69, 9.17) is 11.6 Å². The molecule has 3 heterocycles. The number of rotatable bonds is 3. The van der Waals surface area contributed by atoms with Crippen LogP contribution in [0.4, 0.5) is 0 Å². The summed E-state index contributed by atoms with van der Waals surface area (Å²) in [7, 11) is 0. The maximum atomic E-state index is 11.9. The topological polar surface area (TPSA) is 82.5 Å². The number of aryl methyl sites for hydroxylation is 1. The van der Waals surface area contributed by atoms with Crippen molar-refractivity contribution < 1.29 is 15.0 Å². The molecule has 7 heteroatoms. The van der Waals surface area contributed by atoms with Crippen LogP contribution in [0.15, 0.2) is 30.5 Å². The molecule has 4 rings (SSSR count). The lowest BCUT2D eigenvalue weighted by molar-refractivity contribution is -0.123. The quantitative estimate of drug-likeness (QED) is 0.643. The number of nitrogens with zero attached hydrogens (tertiary/aromatic N) is 1. The van der Waals surface area contributed by atoms with Crippen molar-refractivity contribution in [1.29, 1.82) is 0 Å². The van der Waals surface area contributed by atoms with Crippen LogP contribution < -0.4 is 5.32 Å². The van der Waals surface area contributed by atoms with Crippen LogP contribution in [-0.2, 0) is 11.2 Å². The van der Waals surface area contributed by atoms with E-state index in [-0.39, 0.29) is 11.7 Å². The number of amides is 1. The Labute approximate surface area is 159 Å². The van der Waals surface area contributed by atoms with Crippen LogP contribution in [0.25, 0.3) is 21.3 Å². The van der Waals surface area contributed by atoms with Gasteiger partial charge in [0.05, 0.1) is 22.2 Å². The third-order valence-electron chi connectivity index (χ3n) is 4.73. The van der Waals surface area contributed by atoms with Crippen LogP contribution in [0.1, 0.15) is 10.4 Å². The number of β-amino-alcohol motifs (C(OH)–C–C–N with tert-alkyl or cyclic N) is 1. The first-order chi connectivity index (χ1) is 12.4. The Morgan fingerprint density at radius 1 is 1.35 bits per heavy atom. The van der Waals surface area contributed by atoms with Crippen LogP contribution >= 0.6 is 22.9 Å². The zero-order valence-corrected chi connectivity index (χ0v) is 15.6. The number of pyridine rings is 1. The number of hydrogen-bond acceptors (Lipinski definition) is 5. The Hall–Kier alpha value is -2.15. The van der Waals surface area contributed by atoms with E-state index in [0.717, 1.165) is 20.7 Å². The zero-order valence-electron chi connectivity index (χ0n) is 14.0.